The van der Waals surface area contributed by atoms with Gasteiger partial charge in [0, 0.05) is 30.5 Å². The first-order chi connectivity index (χ1) is 14.3. The summed E-state index contributed by atoms with van der Waals surface area (Å²) in [6.07, 6.45) is 3.22. The Hall–Kier alpha value is -3.16. The Labute approximate surface area is 170 Å². The van der Waals surface area contributed by atoms with Gasteiger partial charge in [0.05, 0.1) is 38.3 Å². The van der Waals surface area contributed by atoms with Gasteiger partial charge in [-0.25, -0.2) is 9.97 Å². The maximum atomic E-state index is 10.1. The van der Waals surface area contributed by atoms with Crippen molar-refractivity contribution in [2.24, 2.45) is 0 Å². The lowest BCUT2D eigenvalue weighted by molar-refractivity contribution is 0.122. The zero-order valence-corrected chi connectivity index (χ0v) is 16.4. The number of aromatic nitrogens is 2. The number of rotatable bonds is 6. The Morgan fingerprint density at radius 3 is 2.66 bits per heavy atom. The molecule has 3 aromatic rings. The summed E-state index contributed by atoms with van der Waals surface area (Å²) in [6.45, 7) is 2.99. The minimum atomic E-state index is -0.0878. The van der Waals surface area contributed by atoms with Crippen LogP contribution in [0.2, 0.25) is 0 Å². The first kappa shape index (κ1) is 19.2. The number of hydrogen-bond donors (Lipinski definition) is 1. The summed E-state index contributed by atoms with van der Waals surface area (Å²) in [5, 5.41) is 10.1. The molecule has 1 aliphatic rings. The van der Waals surface area contributed by atoms with Crippen LogP contribution in [0.15, 0.2) is 61.1 Å². The van der Waals surface area contributed by atoms with Gasteiger partial charge in [0.25, 0.3) is 0 Å². The molecule has 0 spiro atoms. The van der Waals surface area contributed by atoms with Crippen molar-refractivity contribution in [1.29, 1.82) is 0 Å². The van der Waals surface area contributed by atoms with Gasteiger partial charge < -0.3 is 19.5 Å². The van der Waals surface area contributed by atoms with Crippen LogP contribution in [0.25, 0.3) is 0 Å². The zero-order valence-electron chi connectivity index (χ0n) is 16.4. The van der Waals surface area contributed by atoms with E-state index in [2.05, 4.69) is 20.9 Å². The topological polar surface area (TPSA) is 71.0 Å². The van der Waals surface area contributed by atoms with Crippen molar-refractivity contribution in [3.05, 3.63) is 66.6 Å². The molecule has 4 rings (SSSR count). The Morgan fingerprint density at radius 1 is 1.10 bits per heavy atom. The van der Waals surface area contributed by atoms with E-state index in [1.54, 1.807) is 13.3 Å². The Balaban J connectivity index is 1.88. The SMILES string of the molecule is COc1ccccc1N(c1ccncn1)c1cc(N2CCOCC2)ccc1CO. The molecule has 1 saturated heterocycles. The molecule has 29 heavy (non-hydrogen) atoms. The van der Waals surface area contributed by atoms with E-state index in [4.69, 9.17) is 9.47 Å². The second kappa shape index (κ2) is 8.89. The Morgan fingerprint density at radius 2 is 1.93 bits per heavy atom. The smallest absolute Gasteiger partial charge is 0.142 e. The standard InChI is InChI=1S/C22H24N4O3/c1-28-21-5-3-2-4-19(21)26(22-8-9-23-16-24-22)20-14-18(7-6-17(20)15-27)25-10-12-29-13-11-25/h2-9,14,16,27H,10-13,15H2,1H3. The summed E-state index contributed by atoms with van der Waals surface area (Å²) in [4.78, 5) is 12.8. The van der Waals surface area contributed by atoms with E-state index in [0.29, 0.717) is 24.8 Å². The van der Waals surface area contributed by atoms with E-state index in [1.807, 2.05) is 47.4 Å². The van der Waals surface area contributed by atoms with E-state index in [9.17, 15) is 5.11 Å². The summed E-state index contributed by atoms with van der Waals surface area (Å²) in [5.41, 5.74) is 3.56. The normalized spacial score (nSPS) is 13.9. The summed E-state index contributed by atoms with van der Waals surface area (Å²) in [7, 11) is 1.65. The number of morpholine rings is 1. The molecule has 0 aliphatic carbocycles. The number of para-hydroxylation sites is 2. The molecule has 0 bridgehead atoms. The van der Waals surface area contributed by atoms with E-state index in [1.165, 1.54) is 6.33 Å². The van der Waals surface area contributed by atoms with Gasteiger partial charge in [0.2, 0.25) is 0 Å². The van der Waals surface area contributed by atoms with E-state index in [-0.39, 0.29) is 6.61 Å². The van der Waals surface area contributed by atoms with Crippen LogP contribution < -0.4 is 14.5 Å². The average molecular weight is 392 g/mol. The highest BCUT2D eigenvalue weighted by Gasteiger charge is 2.22. The maximum absolute atomic E-state index is 10.1. The highest BCUT2D eigenvalue weighted by molar-refractivity contribution is 5.81. The second-order valence-corrected chi connectivity index (χ2v) is 6.65. The van der Waals surface area contributed by atoms with Crippen LogP contribution >= 0.6 is 0 Å². The summed E-state index contributed by atoms with van der Waals surface area (Å²) in [5.74, 6) is 1.41. The maximum Gasteiger partial charge on any atom is 0.142 e. The van der Waals surface area contributed by atoms with Crippen molar-refractivity contribution in [1.82, 2.24) is 9.97 Å². The zero-order chi connectivity index (χ0) is 20.1. The Kier molecular flexibility index (Phi) is 5.88. The third kappa shape index (κ3) is 4.01. The molecule has 1 aromatic heterocycles. The highest BCUT2D eigenvalue weighted by Crippen LogP contribution is 2.41. The monoisotopic (exact) mass is 392 g/mol. The lowest BCUT2D eigenvalue weighted by atomic mass is 10.1. The number of aliphatic hydroxyl groups excluding tert-OH is 1. The Bertz CT molecular complexity index is 946. The lowest BCUT2D eigenvalue weighted by Gasteiger charge is -2.32. The fourth-order valence-electron chi connectivity index (χ4n) is 3.52. The molecule has 7 heteroatoms. The minimum Gasteiger partial charge on any atom is -0.495 e. The van der Waals surface area contributed by atoms with Gasteiger partial charge in [-0.3, -0.25) is 4.90 Å². The van der Waals surface area contributed by atoms with Crippen LogP contribution in [0.4, 0.5) is 22.9 Å². The molecule has 0 atom stereocenters. The van der Waals surface area contributed by atoms with Crippen LogP contribution in [-0.4, -0.2) is 48.5 Å². The van der Waals surface area contributed by atoms with Gasteiger partial charge in [0.1, 0.15) is 17.9 Å². The fourth-order valence-corrected chi connectivity index (χ4v) is 3.52. The van der Waals surface area contributed by atoms with Crippen molar-refractivity contribution in [2.75, 3.05) is 43.2 Å². The van der Waals surface area contributed by atoms with Crippen molar-refractivity contribution in [2.45, 2.75) is 6.61 Å². The first-order valence-corrected chi connectivity index (χ1v) is 9.57. The number of nitrogens with zero attached hydrogens (tertiary/aromatic N) is 4. The number of aliphatic hydroxyl groups is 1. The van der Waals surface area contributed by atoms with Gasteiger partial charge in [-0.2, -0.15) is 0 Å². The molecule has 2 aromatic carbocycles. The third-order valence-electron chi connectivity index (χ3n) is 4.98. The van der Waals surface area contributed by atoms with Crippen molar-refractivity contribution in [3.63, 3.8) is 0 Å². The second-order valence-electron chi connectivity index (χ2n) is 6.65. The number of hydrogen-bond acceptors (Lipinski definition) is 7. The van der Waals surface area contributed by atoms with Crippen LogP contribution in [0.1, 0.15) is 5.56 Å². The molecule has 0 radical (unpaired) electrons. The molecule has 1 N–H and O–H groups in total. The number of ether oxygens (including phenoxy) is 2. The molecule has 7 nitrogen and oxygen atoms in total. The van der Waals surface area contributed by atoms with E-state index < -0.39 is 0 Å². The molecular formula is C22H24N4O3. The molecule has 0 saturated carbocycles. The quantitative estimate of drug-likeness (QED) is 0.690. The van der Waals surface area contributed by atoms with Gasteiger partial charge in [-0.05, 0) is 30.3 Å². The molecule has 1 fully saturated rings. The molecule has 0 unspecified atom stereocenters. The van der Waals surface area contributed by atoms with Crippen LogP contribution in [0.3, 0.4) is 0 Å². The van der Waals surface area contributed by atoms with E-state index in [0.717, 1.165) is 35.7 Å². The molecular weight excluding hydrogens is 368 g/mol. The van der Waals surface area contributed by atoms with Crippen LogP contribution in [-0.2, 0) is 11.3 Å². The van der Waals surface area contributed by atoms with E-state index >= 15 is 0 Å². The predicted molar refractivity (Wildman–Crippen MR) is 112 cm³/mol. The summed E-state index contributed by atoms with van der Waals surface area (Å²) in [6, 6.07) is 15.7. The molecule has 0 amide bonds. The predicted octanol–water partition coefficient (Wildman–Crippen LogP) is 3.28. The van der Waals surface area contributed by atoms with Crippen molar-refractivity contribution >= 4 is 22.9 Å². The largest absolute Gasteiger partial charge is 0.495 e. The first-order valence-electron chi connectivity index (χ1n) is 9.57. The van der Waals surface area contributed by atoms with Gasteiger partial charge in [-0.15, -0.1) is 0 Å². The molecule has 150 valence electrons. The summed E-state index contributed by atoms with van der Waals surface area (Å²) >= 11 is 0. The van der Waals surface area contributed by atoms with Crippen molar-refractivity contribution < 1.29 is 14.6 Å². The number of methoxy groups -OCH3 is 1. The van der Waals surface area contributed by atoms with Crippen LogP contribution in [0, 0.1) is 0 Å². The lowest BCUT2D eigenvalue weighted by Crippen LogP contribution is -2.36. The van der Waals surface area contributed by atoms with Crippen molar-refractivity contribution in [3.8, 4) is 5.75 Å². The number of benzene rings is 2. The highest BCUT2D eigenvalue weighted by atomic mass is 16.5. The molecule has 2 heterocycles. The van der Waals surface area contributed by atoms with Gasteiger partial charge in [0.15, 0.2) is 0 Å². The van der Waals surface area contributed by atoms with Gasteiger partial charge in [-0.1, -0.05) is 18.2 Å². The number of anilines is 4. The summed E-state index contributed by atoms with van der Waals surface area (Å²) < 4.78 is 11.1. The van der Waals surface area contributed by atoms with Gasteiger partial charge >= 0.3 is 0 Å². The van der Waals surface area contributed by atoms with Crippen LogP contribution in [0.5, 0.6) is 5.75 Å². The molecule has 1 aliphatic heterocycles. The fraction of sp³-hybridized carbons (Fsp3) is 0.273. The average Bonchev–Trinajstić information content (AvgIpc) is 2.81. The third-order valence-corrected chi connectivity index (χ3v) is 4.98. The minimum absolute atomic E-state index is 0.0878.